The smallest absolute Gasteiger partial charge is 0.0395 e. The van der Waals surface area contributed by atoms with Crippen LogP contribution in [0.2, 0.25) is 0 Å². The highest BCUT2D eigenvalue weighted by molar-refractivity contribution is 6.00. The zero-order valence-electron chi connectivity index (χ0n) is 11.5. The lowest BCUT2D eigenvalue weighted by atomic mass is 10.0. The number of anilines is 3. The van der Waals surface area contributed by atoms with E-state index >= 15 is 0 Å². The Labute approximate surface area is 119 Å². The molecule has 6 N–H and O–H groups in total. The number of rotatable bonds is 0. The maximum Gasteiger partial charge on any atom is 0.0395 e. The van der Waals surface area contributed by atoms with Crippen LogP contribution in [0.4, 0.5) is 17.1 Å². The third-order valence-corrected chi connectivity index (χ3v) is 3.04. The van der Waals surface area contributed by atoms with Gasteiger partial charge in [0.1, 0.15) is 0 Å². The molecule has 0 heterocycles. The Balaban J connectivity index is 0.000000178. The Bertz CT molecular complexity index is 706. The number of hydrogen-bond donors (Lipinski definition) is 3. The summed E-state index contributed by atoms with van der Waals surface area (Å²) in [6, 6.07) is 19.3. The Morgan fingerprint density at radius 1 is 0.650 bits per heavy atom. The predicted octanol–water partition coefficient (Wildman–Crippen LogP) is 3.58. The van der Waals surface area contributed by atoms with Gasteiger partial charge in [0.15, 0.2) is 0 Å². The van der Waals surface area contributed by atoms with Gasteiger partial charge in [0.2, 0.25) is 0 Å². The van der Waals surface area contributed by atoms with Crippen LogP contribution in [0.1, 0.15) is 5.56 Å². The van der Waals surface area contributed by atoms with Crippen molar-refractivity contribution < 1.29 is 0 Å². The van der Waals surface area contributed by atoms with Crippen molar-refractivity contribution in [3.05, 3.63) is 66.2 Å². The number of hydrogen-bond acceptors (Lipinski definition) is 3. The Morgan fingerprint density at radius 3 is 1.80 bits per heavy atom. The normalized spacial score (nSPS) is 9.85. The standard InChI is InChI=1S/C11H12N2.C6H7N/c1-7-2-3-8-9(6-7)11(13)5-4-10(8)12;7-6-4-2-1-3-5-6/h2-6H,12-13H2,1H3;1-5H,7H2. The van der Waals surface area contributed by atoms with Gasteiger partial charge < -0.3 is 17.2 Å². The summed E-state index contributed by atoms with van der Waals surface area (Å²) in [6.45, 7) is 2.04. The molecule has 102 valence electrons. The van der Waals surface area contributed by atoms with Gasteiger partial charge in [0.05, 0.1) is 0 Å². The zero-order valence-corrected chi connectivity index (χ0v) is 11.5. The van der Waals surface area contributed by atoms with Crippen molar-refractivity contribution in [3.8, 4) is 0 Å². The molecular weight excluding hydrogens is 246 g/mol. The quantitative estimate of drug-likeness (QED) is 0.544. The van der Waals surface area contributed by atoms with Crippen molar-refractivity contribution >= 4 is 27.8 Å². The number of aryl methyl sites for hydroxylation is 1. The summed E-state index contributed by atoms with van der Waals surface area (Å²) in [4.78, 5) is 0. The first-order valence-electron chi connectivity index (χ1n) is 6.43. The van der Waals surface area contributed by atoms with Crippen molar-refractivity contribution in [3.63, 3.8) is 0 Å². The molecule has 0 fully saturated rings. The summed E-state index contributed by atoms with van der Waals surface area (Å²) < 4.78 is 0. The van der Waals surface area contributed by atoms with Crippen molar-refractivity contribution in [1.29, 1.82) is 0 Å². The van der Waals surface area contributed by atoms with Gasteiger partial charge in [-0.3, -0.25) is 0 Å². The van der Waals surface area contributed by atoms with Gasteiger partial charge >= 0.3 is 0 Å². The fourth-order valence-electron chi connectivity index (χ4n) is 1.96. The van der Waals surface area contributed by atoms with E-state index in [1.54, 1.807) is 0 Å². The second-order valence-corrected chi connectivity index (χ2v) is 4.70. The van der Waals surface area contributed by atoms with Gasteiger partial charge in [0, 0.05) is 27.8 Å². The van der Waals surface area contributed by atoms with Gasteiger partial charge in [-0.05, 0) is 37.3 Å². The van der Waals surface area contributed by atoms with Crippen LogP contribution in [0.25, 0.3) is 10.8 Å². The number of benzene rings is 3. The van der Waals surface area contributed by atoms with E-state index in [2.05, 4.69) is 6.07 Å². The molecule has 0 saturated heterocycles. The summed E-state index contributed by atoms with van der Waals surface area (Å²) in [5, 5.41) is 2.07. The predicted molar refractivity (Wildman–Crippen MR) is 88.4 cm³/mol. The second kappa shape index (κ2) is 5.97. The summed E-state index contributed by atoms with van der Waals surface area (Å²) >= 11 is 0. The molecule has 0 aliphatic carbocycles. The molecule has 0 amide bonds. The van der Waals surface area contributed by atoms with Crippen molar-refractivity contribution in [2.75, 3.05) is 17.2 Å². The van der Waals surface area contributed by atoms with Crippen LogP contribution in [0.15, 0.2) is 60.7 Å². The highest BCUT2D eigenvalue weighted by atomic mass is 14.6. The average Bonchev–Trinajstić information content (AvgIpc) is 2.45. The van der Waals surface area contributed by atoms with Crippen LogP contribution >= 0.6 is 0 Å². The fourth-order valence-corrected chi connectivity index (χ4v) is 1.96. The maximum atomic E-state index is 5.84. The lowest BCUT2D eigenvalue weighted by Crippen LogP contribution is -1.92. The minimum Gasteiger partial charge on any atom is -0.399 e. The molecule has 3 rings (SSSR count). The SMILES string of the molecule is Cc1ccc2c(N)ccc(N)c2c1.Nc1ccccc1. The number of nitrogen functional groups attached to an aromatic ring is 3. The largest absolute Gasteiger partial charge is 0.399 e. The molecule has 3 aromatic rings. The molecule has 0 radical (unpaired) electrons. The Morgan fingerprint density at radius 2 is 1.25 bits per heavy atom. The van der Waals surface area contributed by atoms with Crippen molar-refractivity contribution in [2.45, 2.75) is 6.92 Å². The third kappa shape index (κ3) is 3.20. The molecule has 3 nitrogen and oxygen atoms in total. The fraction of sp³-hybridized carbons (Fsp3) is 0.0588. The first-order chi connectivity index (χ1) is 9.58. The molecule has 0 atom stereocenters. The highest BCUT2D eigenvalue weighted by Gasteiger charge is 2.00. The van der Waals surface area contributed by atoms with Crippen LogP contribution < -0.4 is 17.2 Å². The first kappa shape index (κ1) is 13.7. The molecule has 0 saturated carbocycles. The molecular formula is C17H19N3. The summed E-state index contributed by atoms with van der Waals surface area (Å²) in [6.07, 6.45) is 0. The molecule has 0 aliphatic heterocycles. The van der Waals surface area contributed by atoms with E-state index in [9.17, 15) is 0 Å². The molecule has 0 unspecified atom stereocenters. The second-order valence-electron chi connectivity index (χ2n) is 4.70. The van der Waals surface area contributed by atoms with Crippen LogP contribution in [-0.4, -0.2) is 0 Å². The maximum absolute atomic E-state index is 5.84. The van der Waals surface area contributed by atoms with Crippen LogP contribution in [0.3, 0.4) is 0 Å². The Kier molecular flexibility index (Phi) is 4.11. The summed E-state index contributed by atoms with van der Waals surface area (Å²) in [5.41, 5.74) is 20.6. The van der Waals surface area contributed by atoms with Crippen LogP contribution in [0.5, 0.6) is 0 Å². The number of fused-ring (bicyclic) bond motifs is 1. The van der Waals surface area contributed by atoms with Gasteiger partial charge in [-0.25, -0.2) is 0 Å². The number of para-hydroxylation sites is 1. The van der Waals surface area contributed by atoms with Crippen LogP contribution in [0, 0.1) is 6.92 Å². The van der Waals surface area contributed by atoms with Crippen molar-refractivity contribution in [1.82, 2.24) is 0 Å². The monoisotopic (exact) mass is 265 g/mol. The molecule has 20 heavy (non-hydrogen) atoms. The van der Waals surface area contributed by atoms with Gasteiger partial charge in [-0.15, -0.1) is 0 Å². The number of nitrogens with two attached hydrogens (primary N) is 3. The lowest BCUT2D eigenvalue weighted by Gasteiger charge is -2.05. The van der Waals surface area contributed by atoms with Gasteiger partial charge in [0.25, 0.3) is 0 Å². The lowest BCUT2D eigenvalue weighted by molar-refractivity contribution is 1.51. The Hall–Kier alpha value is -2.68. The van der Waals surface area contributed by atoms with Crippen LogP contribution in [-0.2, 0) is 0 Å². The summed E-state index contributed by atoms with van der Waals surface area (Å²) in [5.74, 6) is 0. The van der Waals surface area contributed by atoms with E-state index in [0.29, 0.717) is 0 Å². The van der Waals surface area contributed by atoms with E-state index in [1.165, 1.54) is 5.56 Å². The topological polar surface area (TPSA) is 78.1 Å². The molecule has 0 bridgehead atoms. The van der Waals surface area contributed by atoms with E-state index in [4.69, 9.17) is 17.2 Å². The highest BCUT2D eigenvalue weighted by Crippen LogP contribution is 2.26. The van der Waals surface area contributed by atoms with E-state index in [0.717, 1.165) is 27.8 Å². The third-order valence-electron chi connectivity index (χ3n) is 3.04. The van der Waals surface area contributed by atoms with E-state index < -0.39 is 0 Å². The molecule has 3 heteroatoms. The first-order valence-corrected chi connectivity index (χ1v) is 6.43. The average molecular weight is 265 g/mol. The van der Waals surface area contributed by atoms with E-state index in [-0.39, 0.29) is 0 Å². The molecule has 0 aliphatic rings. The molecule has 0 aromatic heterocycles. The van der Waals surface area contributed by atoms with Gasteiger partial charge in [-0.1, -0.05) is 35.9 Å². The van der Waals surface area contributed by atoms with E-state index in [1.807, 2.05) is 61.5 Å². The zero-order chi connectivity index (χ0) is 14.5. The molecule has 0 spiro atoms. The minimum atomic E-state index is 0.782. The van der Waals surface area contributed by atoms with Gasteiger partial charge in [-0.2, -0.15) is 0 Å². The summed E-state index contributed by atoms with van der Waals surface area (Å²) in [7, 11) is 0. The van der Waals surface area contributed by atoms with Crippen molar-refractivity contribution in [2.24, 2.45) is 0 Å². The minimum absolute atomic E-state index is 0.782. The molecule has 3 aromatic carbocycles.